The zero-order valence-corrected chi connectivity index (χ0v) is 13.4. The van der Waals surface area contributed by atoms with Crippen molar-refractivity contribution in [3.63, 3.8) is 0 Å². The fourth-order valence-electron chi connectivity index (χ4n) is 2.11. The molecule has 2 aromatic carbocycles. The van der Waals surface area contributed by atoms with Gasteiger partial charge >= 0.3 is 5.97 Å². The van der Waals surface area contributed by atoms with Crippen LogP contribution in [0, 0.1) is 0 Å². The Balaban J connectivity index is 1.56. The summed E-state index contributed by atoms with van der Waals surface area (Å²) in [4.78, 5) is 23.9. The summed E-state index contributed by atoms with van der Waals surface area (Å²) < 4.78 is 10.9. The van der Waals surface area contributed by atoms with Gasteiger partial charge in [-0.05, 0) is 56.2 Å². The Bertz CT molecular complexity index is 708. The highest BCUT2D eigenvalue weighted by atomic mass is 16.5. The van der Waals surface area contributed by atoms with Gasteiger partial charge in [-0.2, -0.15) is 0 Å². The van der Waals surface area contributed by atoms with Gasteiger partial charge in [-0.3, -0.25) is 4.79 Å². The Morgan fingerprint density at radius 2 is 1.62 bits per heavy atom. The van der Waals surface area contributed by atoms with Crippen LogP contribution in [0.2, 0.25) is 0 Å². The third-order valence-electron chi connectivity index (χ3n) is 3.65. The van der Waals surface area contributed by atoms with Crippen molar-refractivity contribution >= 4 is 11.9 Å². The van der Waals surface area contributed by atoms with Crippen molar-refractivity contribution in [2.24, 2.45) is 0 Å². The fourth-order valence-corrected chi connectivity index (χ4v) is 2.11. The molecule has 0 heterocycles. The molecule has 5 heteroatoms. The molecule has 1 atom stereocenters. The Morgan fingerprint density at radius 3 is 2.25 bits per heavy atom. The monoisotopic (exact) mass is 325 g/mol. The van der Waals surface area contributed by atoms with E-state index in [-0.39, 0.29) is 11.9 Å². The summed E-state index contributed by atoms with van der Waals surface area (Å²) in [5.41, 5.74) is 0.376. The second-order valence-corrected chi connectivity index (χ2v) is 5.77. The van der Waals surface area contributed by atoms with E-state index in [1.54, 1.807) is 31.2 Å². The maximum Gasteiger partial charge on any atom is 0.338 e. The summed E-state index contributed by atoms with van der Waals surface area (Å²) >= 11 is 0. The number of benzene rings is 2. The predicted octanol–water partition coefficient (Wildman–Crippen LogP) is 3.30. The average molecular weight is 325 g/mol. The van der Waals surface area contributed by atoms with Crippen molar-refractivity contribution in [1.82, 2.24) is 5.32 Å². The van der Waals surface area contributed by atoms with Crippen LogP contribution >= 0.6 is 0 Å². The number of hydrogen-bond donors (Lipinski definition) is 1. The first-order valence-corrected chi connectivity index (χ1v) is 7.96. The van der Waals surface area contributed by atoms with Crippen LogP contribution in [0.4, 0.5) is 0 Å². The molecule has 1 aliphatic carbocycles. The topological polar surface area (TPSA) is 64.6 Å². The second kappa shape index (κ2) is 7.17. The van der Waals surface area contributed by atoms with E-state index in [1.807, 2.05) is 30.3 Å². The molecule has 0 unspecified atom stereocenters. The SMILES string of the molecule is C[C@H](OC(=O)c1ccc(Oc2ccccc2)cc1)C(=O)NC1CC1. The lowest BCUT2D eigenvalue weighted by Crippen LogP contribution is -2.37. The van der Waals surface area contributed by atoms with Crippen molar-refractivity contribution in [2.75, 3.05) is 0 Å². The first-order chi connectivity index (χ1) is 11.6. The molecular formula is C19H19NO4. The number of ether oxygens (including phenoxy) is 2. The third kappa shape index (κ3) is 4.35. The molecule has 2 aromatic rings. The van der Waals surface area contributed by atoms with Gasteiger partial charge in [0.1, 0.15) is 11.5 Å². The Hall–Kier alpha value is -2.82. The summed E-state index contributed by atoms with van der Waals surface area (Å²) in [5, 5.41) is 2.81. The van der Waals surface area contributed by atoms with Gasteiger partial charge in [0.2, 0.25) is 0 Å². The molecule has 0 aliphatic heterocycles. The Labute approximate surface area is 140 Å². The molecule has 0 saturated heterocycles. The highest BCUT2D eigenvalue weighted by Gasteiger charge is 2.27. The van der Waals surface area contributed by atoms with E-state index in [0.717, 1.165) is 18.6 Å². The molecule has 1 amide bonds. The predicted molar refractivity (Wildman–Crippen MR) is 89.0 cm³/mol. The zero-order chi connectivity index (χ0) is 16.9. The van der Waals surface area contributed by atoms with Gasteiger partial charge in [0.25, 0.3) is 5.91 Å². The number of carbonyl (C=O) groups is 2. The summed E-state index contributed by atoms with van der Waals surface area (Å²) in [6.45, 7) is 1.57. The van der Waals surface area contributed by atoms with E-state index in [4.69, 9.17) is 9.47 Å². The number of rotatable bonds is 6. The largest absolute Gasteiger partial charge is 0.457 e. The summed E-state index contributed by atoms with van der Waals surface area (Å²) in [6, 6.07) is 16.2. The number of esters is 1. The molecule has 1 aliphatic rings. The molecule has 5 nitrogen and oxygen atoms in total. The first kappa shape index (κ1) is 16.1. The quantitative estimate of drug-likeness (QED) is 0.828. The molecule has 0 bridgehead atoms. The lowest BCUT2D eigenvalue weighted by atomic mass is 10.2. The Kier molecular flexibility index (Phi) is 4.79. The van der Waals surface area contributed by atoms with Gasteiger partial charge in [-0.25, -0.2) is 4.79 Å². The van der Waals surface area contributed by atoms with Crippen LogP contribution in [0.1, 0.15) is 30.1 Å². The van der Waals surface area contributed by atoms with Crippen molar-refractivity contribution in [1.29, 1.82) is 0 Å². The standard InChI is InChI=1S/C19H19NO4/c1-13(18(21)20-15-9-10-15)23-19(22)14-7-11-17(12-8-14)24-16-5-3-2-4-6-16/h2-8,11-13,15H,9-10H2,1H3,(H,20,21)/t13-/m0/s1. The summed E-state index contributed by atoms with van der Waals surface area (Å²) in [6.07, 6.45) is 1.18. The molecule has 24 heavy (non-hydrogen) atoms. The highest BCUT2D eigenvalue weighted by molar-refractivity contribution is 5.92. The van der Waals surface area contributed by atoms with Crippen molar-refractivity contribution < 1.29 is 19.1 Å². The van der Waals surface area contributed by atoms with Crippen LogP contribution in [0.25, 0.3) is 0 Å². The molecule has 0 spiro atoms. The van der Waals surface area contributed by atoms with E-state index < -0.39 is 12.1 Å². The van der Waals surface area contributed by atoms with Crippen molar-refractivity contribution in [3.8, 4) is 11.5 Å². The van der Waals surface area contributed by atoms with Gasteiger partial charge in [-0.1, -0.05) is 18.2 Å². The zero-order valence-electron chi connectivity index (χ0n) is 13.4. The number of carbonyl (C=O) groups excluding carboxylic acids is 2. The van der Waals surface area contributed by atoms with Crippen molar-refractivity contribution in [2.45, 2.75) is 31.9 Å². The molecule has 0 aromatic heterocycles. The van der Waals surface area contributed by atoms with Crippen LogP contribution < -0.4 is 10.1 Å². The van der Waals surface area contributed by atoms with E-state index in [2.05, 4.69) is 5.32 Å². The van der Waals surface area contributed by atoms with Crippen molar-refractivity contribution in [3.05, 3.63) is 60.2 Å². The first-order valence-electron chi connectivity index (χ1n) is 7.96. The number of para-hydroxylation sites is 1. The van der Waals surface area contributed by atoms with Gasteiger partial charge in [-0.15, -0.1) is 0 Å². The minimum atomic E-state index is -0.807. The minimum absolute atomic E-state index is 0.244. The number of amides is 1. The number of nitrogens with one attached hydrogen (secondary N) is 1. The molecule has 124 valence electrons. The van der Waals surface area contributed by atoms with Crippen LogP contribution in [-0.2, 0) is 9.53 Å². The van der Waals surface area contributed by atoms with E-state index in [1.165, 1.54) is 0 Å². The highest BCUT2D eigenvalue weighted by Crippen LogP contribution is 2.22. The number of hydrogen-bond acceptors (Lipinski definition) is 4. The van der Waals surface area contributed by atoms with Crippen LogP contribution in [0.3, 0.4) is 0 Å². The van der Waals surface area contributed by atoms with Gasteiger partial charge < -0.3 is 14.8 Å². The summed E-state index contributed by atoms with van der Waals surface area (Å²) in [7, 11) is 0. The molecule has 0 radical (unpaired) electrons. The average Bonchev–Trinajstić information content (AvgIpc) is 3.40. The molecule has 1 saturated carbocycles. The maximum atomic E-state index is 12.1. The normalized spacial score (nSPS) is 14.5. The van der Waals surface area contributed by atoms with E-state index in [0.29, 0.717) is 11.3 Å². The minimum Gasteiger partial charge on any atom is -0.457 e. The lowest BCUT2D eigenvalue weighted by molar-refractivity contribution is -0.129. The molecule has 3 rings (SSSR count). The van der Waals surface area contributed by atoms with E-state index in [9.17, 15) is 9.59 Å². The van der Waals surface area contributed by atoms with Gasteiger partial charge in [0.15, 0.2) is 6.10 Å². The lowest BCUT2D eigenvalue weighted by Gasteiger charge is -2.13. The smallest absolute Gasteiger partial charge is 0.338 e. The van der Waals surface area contributed by atoms with Gasteiger partial charge in [0, 0.05) is 6.04 Å². The fraction of sp³-hybridized carbons (Fsp3) is 0.263. The Morgan fingerprint density at radius 1 is 1.00 bits per heavy atom. The summed E-state index contributed by atoms with van der Waals surface area (Å²) in [5.74, 6) is 0.560. The molecule has 1 N–H and O–H groups in total. The van der Waals surface area contributed by atoms with Crippen LogP contribution in [-0.4, -0.2) is 24.0 Å². The van der Waals surface area contributed by atoms with Gasteiger partial charge in [0.05, 0.1) is 5.56 Å². The second-order valence-electron chi connectivity index (χ2n) is 5.77. The van der Waals surface area contributed by atoms with E-state index >= 15 is 0 Å². The van der Waals surface area contributed by atoms with Crippen LogP contribution in [0.5, 0.6) is 11.5 Å². The molecular weight excluding hydrogens is 306 g/mol. The maximum absolute atomic E-state index is 12.1. The third-order valence-corrected chi connectivity index (χ3v) is 3.65. The molecule has 1 fully saturated rings. The van der Waals surface area contributed by atoms with Crippen LogP contribution in [0.15, 0.2) is 54.6 Å².